The van der Waals surface area contributed by atoms with Gasteiger partial charge in [-0.05, 0) is 12.5 Å². The topological polar surface area (TPSA) is 15.6 Å². The number of allylic oxidation sites excluding steroid dienone is 2. The number of unbranched alkanes of at least 4 members (excludes halogenated alkanes) is 2. The van der Waals surface area contributed by atoms with Crippen LogP contribution in [0.15, 0.2) is 17.3 Å². The Hall–Kier alpha value is -0.790. The van der Waals surface area contributed by atoms with Gasteiger partial charge in [0.15, 0.2) is 0 Å². The number of hydrogen-bond donors (Lipinski definition) is 0. The van der Waals surface area contributed by atoms with E-state index in [9.17, 15) is 0 Å². The van der Waals surface area contributed by atoms with E-state index in [1.165, 1.54) is 12.8 Å². The summed E-state index contributed by atoms with van der Waals surface area (Å²) in [6.07, 6.45) is 9.65. The molecule has 0 bridgehead atoms. The average Bonchev–Trinajstić information content (AvgIpc) is 1.96. The van der Waals surface area contributed by atoms with Crippen LogP contribution >= 0.6 is 0 Å². The number of hydrogen-bond acceptors (Lipinski definition) is 2. The Morgan fingerprint density at radius 2 is 2.09 bits per heavy atom. The predicted molar refractivity (Wildman–Crippen MR) is 50.8 cm³/mol. The molecular formula is C9H18N2. The molecule has 0 saturated heterocycles. The molecule has 0 unspecified atom stereocenters. The molecule has 2 nitrogen and oxygen atoms in total. The number of rotatable bonds is 5. The van der Waals surface area contributed by atoms with Crippen molar-refractivity contribution in [3.05, 3.63) is 12.2 Å². The van der Waals surface area contributed by atoms with Gasteiger partial charge in [-0.15, -0.1) is 0 Å². The monoisotopic (exact) mass is 154 g/mol. The first-order chi connectivity index (χ1) is 5.27. The maximum absolute atomic E-state index is 4.04. The van der Waals surface area contributed by atoms with E-state index in [2.05, 4.69) is 18.1 Å². The normalized spacial score (nSPS) is 11.5. The highest BCUT2D eigenvalue weighted by Crippen LogP contribution is 1.93. The Kier molecular flexibility index (Phi) is 6.79. The van der Waals surface area contributed by atoms with Crippen LogP contribution in [0.4, 0.5) is 0 Å². The molecule has 0 aromatic rings. The third-order valence-electron chi connectivity index (χ3n) is 1.24. The van der Waals surface area contributed by atoms with Crippen LogP contribution < -0.4 is 0 Å². The van der Waals surface area contributed by atoms with Crippen LogP contribution in [0.5, 0.6) is 0 Å². The number of nitrogens with zero attached hydrogens (tertiary/aromatic N) is 2. The van der Waals surface area contributed by atoms with E-state index in [0.29, 0.717) is 0 Å². The average molecular weight is 154 g/mol. The van der Waals surface area contributed by atoms with Crippen LogP contribution in [-0.2, 0) is 0 Å². The molecule has 0 N–H and O–H groups in total. The summed E-state index contributed by atoms with van der Waals surface area (Å²) in [5.74, 6) is 0. The molecule has 64 valence electrons. The zero-order valence-electron chi connectivity index (χ0n) is 7.75. The molecule has 0 amide bonds. The molecule has 0 atom stereocenters. The Bertz CT molecular complexity index is 126. The van der Waals surface area contributed by atoms with Crippen molar-refractivity contribution in [1.29, 1.82) is 0 Å². The summed E-state index contributed by atoms with van der Waals surface area (Å²) in [7, 11) is 3.83. The van der Waals surface area contributed by atoms with E-state index in [1.807, 2.05) is 26.4 Å². The van der Waals surface area contributed by atoms with E-state index in [-0.39, 0.29) is 0 Å². The van der Waals surface area contributed by atoms with Crippen LogP contribution in [0.25, 0.3) is 0 Å². The molecule has 0 saturated carbocycles. The van der Waals surface area contributed by atoms with E-state index < -0.39 is 0 Å². The Morgan fingerprint density at radius 1 is 1.36 bits per heavy atom. The predicted octanol–water partition coefficient (Wildman–Crippen LogP) is 2.28. The van der Waals surface area contributed by atoms with Crippen molar-refractivity contribution in [3.8, 4) is 0 Å². The second-order valence-electron chi connectivity index (χ2n) is 2.68. The van der Waals surface area contributed by atoms with Gasteiger partial charge >= 0.3 is 0 Å². The molecule has 0 aliphatic rings. The molecule has 0 aromatic heterocycles. The maximum atomic E-state index is 4.04. The maximum Gasteiger partial charge on any atom is 0.0467 e. The highest BCUT2D eigenvalue weighted by Gasteiger charge is 1.76. The van der Waals surface area contributed by atoms with Crippen molar-refractivity contribution in [2.75, 3.05) is 14.1 Å². The zero-order chi connectivity index (χ0) is 8.53. The smallest absolute Gasteiger partial charge is 0.0467 e. The lowest BCUT2D eigenvalue weighted by atomic mass is 10.2. The minimum Gasteiger partial charge on any atom is -0.303 e. The third kappa shape index (κ3) is 9.21. The third-order valence-corrected chi connectivity index (χ3v) is 1.24. The molecular weight excluding hydrogens is 136 g/mol. The Labute approximate surface area is 69.6 Å². The lowest BCUT2D eigenvalue weighted by molar-refractivity contribution is 0.440. The van der Waals surface area contributed by atoms with Crippen molar-refractivity contribution < 1.29 is 0 Å². The summed E-state index contributed by atoms with van der Waals surface area (Å²) >= 11 is 0. The minimum atomic E-state index is 1.16. The van der Waals surface area contributed by atoms with Crippen LogP contribution in [-0.4, -0.2) is 25.3 Å². The first-order valence-electron chi connectivity index (χ1n) is 4.13. The SMILES string of the molecule is CCCC/C=C/C=N/N(C)C. The van der Waals surface area contributed by atoms with Crippen molar-refractivity contribution >= 4 is 6.21 Å². The molecule has 0 aliphatic heterocycles. The van der Waals surface area contributed by atoms with E-state index in [0.717, 1.165) is 6.42 Å². The molecule has 0 heterocycles. The van der Waals surface area contributed by atoms with Gasteiger partial charge in [-0.25, -0.2) is 0 Å². The Balaban J connectivity index is 3.29. The van der Waals surface area contributed by atoms with Crippen molar-refractivity contribution in [1.82, 2.24) is 5.01 Å². The van der Waals surface area contributed by atoms with Crippen molar-refractivity contribution in [2.24, 2.45) is 5.10 Å². The van der Waals surface area contributed by atoms with E-state index >= 15 is 0 Å². The molecule has 0 rings (SSSR count). The lowest BCUT2D eigenvalue weighted by Gasteiger charge is -1.99. The summed E-state index contributed by atoms with van der Waals surface area (Å²) < 4.78 is 0. The molecule has 0 fully saturated rings. The Morgan fingerprint density at radius 3 is 2.64 bits per heavy atom. The minimum absolute atomic E-state index is 1.16. The van der Waals surface area contributed by atoms with Crippen LogP contribution in [0.3, 0.4) is 0 Å². The van der Waals surface area contributed by atoms with Crippen LogP contribution in [0, 0.1) is 0 Å². The van der Waals surface area contributed by atoms with Gasteiger partial charge in [-0.2, -0.15) is 5.10 Å². The molecule has 0 spiro atoms. The molecule has 0 aromatic carbocycles. The molecule has 2 heteroatoms. The van der Waals surface area contributed by atoms with Gasteiger partial charge in [0.25, 0.3) is 0 Å². The second kappa shape index (κ2) is 7.32. The van der Waals surface area contributed by atoms with Gasteiger partial charge in [0.1, 0.15) is 0 Å². The van der Waals surface area contributed by atoms with Gasteiger partial charge in [-0.3, -0.25) is 0 Å². The largest absolute Gasteiger partial charge is 0.303 e. The highest BCUT2D eigenvalue weighted by molar-refractivity contribution is 5.70. The lowest BCUT2D eigenvalue weighted by Crippen LogP contribution is -2.00. The number of hydrazone groups is 1. The summed E-state index contributed by atoms with van der Waals surface area (Å²) in [4.78, 5) is 0. The van der Waals surface area contributed by atoms with Gasteiger partial charge in [0, 0.05) is 20.3 Å². The van der Waals surface area contributed by atoms with Crippen molar-refractivity contribution in [2.45, 2.75) is 26.2 Å². The van der Waals surface area contributed by atoms with Gasteiger partial charge < -0.3 is 5.01 Å². The van der Waals surface area contributed by atoms with Gasteiger partial charge in [0.05, 0.1) is 0 Å². The standard InChI is InChI=1S/C9H18N2/c1-4-5-6-7-8-9-10-11(2)3/h7-9H,4-6H2,1-3H3/b8-7+,10-9+. The fraction of sp³-hybridized carbons (Fsp3) is 0.667. The summed E-state index contributed by atoms with van der Waals surface area (Å²) in [5.41, 5.74) is 0. The highest BCUT2D eigenvalue weighted by atomic mass is 15.4. The van der Waals surface area contributed by atoms with Crippen LogP contribution in [0.2, 0.25) is 0 Å². The fourth-order valence-electron chi connectivity index (χ4n) is 0.651. The fourth-order valence-corrected chi connectivity index (χ4v) is 0.651. The molecule has 0 aliphatic carbocycles. The van der Waals surface area contributed by atoms with Gasteiger partial charge in [-0.1, -0.05) is 25.8 Å². The van der Waals surface area contributed by atoms with E-state index in [1.54, 1.807) is 5.01 Å². The van der Waals surface area contributed by atoms with Crippen molar-refractivity contribution in [3.63, 3.8) is 0 Å². The van der Waals surface area contributed by atoms with Crippen LogP contribution in [0.1, 0.15) is 26.2 Å². The molecule has 11 heavy (non-hydrogen) atoms. The van der Waals surface area contributed by atoms with Gasteiger partial charge in [0.2, 0.25) is 0 Å². The first kappa shape index (κ1) is 10.2. The van der Waals surface area contributed by atoms with E-state index in [4.69, 9.17) is 0 Å². The first-order valence-corrected chi connectivity index (χ1v) is 4.13. The zero-order valence-corrected chi connectivity index (χ0v) is 7.75. The summed E-state index contributed by atoms with van der Waals surface area (Å²) in [5, 5.41) is 5.83. The molecule has 0 radical (unpaired) electrons. The second-order valence-corrected chi connectivity index (χ2v) is 2.68. The summed E-state index contributed by atoms with van der Waals surface area (Å²) in [6.45, 7) is 2.20. The summed E-state index contributed by atoms with van der Waals surface area (Å²) in [6, 6.07) is 0. The quantitative estimate of drug-likeness (QED) is 0.337.